The minimum absolute atomic E-state index is 0.372. The summed E-state index contributed by atoms with van der Waals surface area (Å²) in [5.41, 5.74) is 0. The molecule has 0 bridgehead atoms. The number of aliphatic hydroxyl groups is 1. The molecule has 0 aliphatic carbocycles. The molecule has 8 nitrogen and oxygen atoms in total. The molecule has 0 spiro atoms. The van der Waals surface area contributed by atoms with E-state index in [1.165, 1.54) is 6.92 Å². The zero-order valence-corrected chi connectivity index (χ0v) is 13.9. The molecule has 1 aliphatic heterocycles. The van der Waals surface area contributed by atoms with Gasteiger partial charge in [-0.25, -0.2) is 0 Å². The topological polar surface area (TPSA) is 108 Å². The quantitative estimate of drug-likeness (QED) is 0.294. The van der Waals surface area contributed by atoms with Gasteiger partial charge in [0.25, 0.3) is 0 Å². The summed E-state index contributed by atoms with van der Waals surface area (Å²) < 4.78 is 20.8. The highest BCUT2D eigenvalue weighted by atomic mass is 127. The number of ether oxygens (including phenoxy) is 4. The maximum absolute atomic E-state index is 11.2. The van der Waals surface area contributed by atoms with Crippen LogP contribution in [0.25, 0.3) is 0 Å². The summed E-state index contributed by atoms with van der Waals surface area (Å²) in [5, 5.41) is 9.92. The minimum Gasteiger partial charge on any atom is -0.456 e. The molecule has 0 aromatic carbocycles. The van der Waals surface area contributed by atoms with E-state index >= 15 is 0 Å². The van der Waals surface area contributed by atoms with Crippen LogP contribution in [0.4, 0.5) is 0 Å². The molecule has 0 aromatic heterocycles. The van der Waals surface area contributed by atoms with Gasteiger partial charge in [-0.1, -0.05) is 22.6 Å². The first kappa shape index (κ1) is 18.1. The average Bonchev–Trinajstić information content (AvgIpc) is 2.35. The number of carbonyl (C=O) groups excluding carboxylic acids is 3. The summed E-state index contributed by atoms with van der Waals surface area (Å²) in [6.07, 6.45) is -5.56. The van der Waals surface area contributed by atoms with Gasteiger partial charge < -0.3 is 24.1 Å². The Hall–Kier alpha value is -0.940. The van der Waals surface area contributed by atoms with Gasteiger partial charge in [0.15, 0.2) is 24.6 Å². The van der Waals surface area contributed by atoms with Gasteiger partial charge in [-0.15, -0.1) is 0 Å². The Morgan fingerprint density at radius 2 is 1.38 bits per heavy atom. The van der Waals surface area contributed by atoms with Crippen molar-refractivity contribution in [3.05, 3.63) is 0 Å². The zero-order chi connectivity index (χ0) is 16.2. The molecule has 1 saturated heterocycles. The van der Waals surface area contributed by atoms with Gasteiger partial charge in [0.2, 0.25) is 0 Å². The molecule has 5 atom stereocenters. The van der Waals surface area contributed by atoms with Crippen molar-refractivity contribution >= 4 is 40.5 Å². The van der Waals surface area contributed by atoms with Crippen LogP contribution in [0.1, 0.15) is 20.8 Å². The summed E-state index contributed by atoms with van der Waals surface area (Å²) >= 11 is 1.98. The standard InChI is InChI=1S/C12H17IO8/c1-5(14)18-9-8(4-13)21-12(17)11(20-7(3)16)10(9)19-6(2)15/h8-12,17H,4H2,1-3H3/t8-,9-,10+,11-,12?/m1/s1. The average molecular weight is 416 g/mol. The third-order valence-electron chi connectivity index (χ3n) is 2.67. The summed E-state index contributed by atoms with van der Waals surface area (Å²) in [4.78, 5) is 33.6. The Balaban J connectivity index is 3.08. The molecule has 1 unspecified atom stereocenters. The Morgan fingerprint density at radius 3 is 1.81 bits per heavy atom. The van der Waals surface area contributed by atoms with E-state index in [1.807, 2.05) is 22.6 Å². The first-order valence-electron chi connectivity index (χ1n) is 6.17. The van der Waals surface area contributed by atoms with Crippen molar-refractivity contribution < 1.29 is 38.4 Å². The molecular weight excluding hydrogens is 399 g/mol. The third kappa shape index (κ3) is 5.08. The molecule has 0 aromatic rings. The molecule has 1 heterocycles. The normalized spacial score (nSPS) is 32.1. The van der Waals surface area contributed by atoms with Gasteiger partial charge >= 0.3 is 17.9 Å². The SMILES string of the molecule is CC(=O)O[C@H]1[C@H](OC(C)=O)[C@@H](OC(C)=O)C(O)O[C@@H]1CI. The van der Waals surface area contributed by atoms with Crippen LogP contribution in [0.2, 0.25) is 0 Å². The molecule has 1 rings (SSSR count). The van der Waals surface area contributed by atoms with Gasteiger partial charge in [-0.2, -0.15) is 0 Å². The lowest BCUT2D eigenvalue weighted by Gasteiger charge is -2.42. The first-order valence-corrected chi connectivity index (χ1v) is 7.70. The van der Waals surface area contributed by atoms with Gasteiger partial charge in [-0.3, -0.25) is 14.4 Å². The van der Waals surface area contributed by atoms with Gasteiger partial charge in [0.1, 0.15) is 6.10 Å². The summed E-state index contributed by atoms with van der Waals surface area (Å²) in [6.45, 7) is 3.50. The number of hydrogen-bond donors (Lipinski definition) is 1. The molecule has 0 amide bonds. The van der Waals surface area contributed by atoms with E-state index in [-0.39, 0.29) is 0 Å². The second kappa shape index (κ2) is 7.90. The van der Waals surface area contributed by atoms with Crippen LogP contribution in [0.5, 0.6) is 0 Å². The lowest BCUT2D eigenvalue weighted by Crippen LogP contribution is -2.61. The molecule has 120 valence electrons. The van der Waals surface area contributed by atoms with Gasteiger partial charge in [-0.05, 0) is 0 Å². The van der Waals surface area contributed by atoms with Crippen LogP contribution in [0.15, 0.2) is 0 Å². The van der Waals surface area contributed by atoms with Crippen molar-refractivity contribution in [2.45, 2.75) is 51.5 Å². The van der Waals surface area contributed by atoms with Crippen LogP contribution < -0.4 is 0 Å². The van der Waals surface area contributed by atoms with E-state index in [9.17, 15) is 19.5 Å². The molecular formula is C12H17IO8. The van der Waals surface area contributed by atoms with Crippen LogP contribution in [-0.2, 0) is 33.3 Å². The Labute approximate surface area is 135 Å². The van der Waals surface area contributed by atoms with E-state index in [0.717, 1.165) is 13.8 Å². The largest absolute Gasteiger partial charge is 0.456 e. The Bertz CT molecular complexity index is 412. The number of aliphatic hydroxyl groups excluding tert-OH is 1. The number of hydrogen-bond acceptors (Lipinski definition) is 8. The smallest absolute Gasteiger partial charge is 0.303 e. The molecule has 1 fully saturated rings. The summed E-state index contributed by atoms with van der Waals surface area (Å²) in [6, 6.07) is 0. The van der Waals surface area contributed by atoms with Crippen molar-refractivity contribution in [1.29, 1.82) is 0 Å². The summed E-state index contributed by atoms with van der Waals surface area (Å²) in [7, 11) is 0. The molecule has 0 saturated carbocycles. The Morgan fingerprint density at radius 1 is 0.952 bits per heavy atom. The van der Waals surface area contributed by atoms with Gasteiger partial charge in [0, 0.05) is 25.2 Å². The molecule has 1 N–H and O–H groups in total. The van der Waals surface area contributed by atoms with Crippen molar-refractivity contribution in [2.75, 3.05) is 4.43 Å². The highest BCUT2D eigenvalue weighted by Crippen LogP contribution is 2.28. The maximum Gasteiger partial charge on any atom is 0.303 e. The second-order valence-electron chi connectivity index (χ2n) is 4.44. The highest BCUT2D eigenvalue weighted by Gasteiger charge is 2.50. The fourth-order valence-corrected chi connectivity index (χ4v) is 2.70. The predicted octanol–water partition coefficient (Wildman–Crippen LogP) is -0.0663. The predicted molar refractivity (Wildman–Crippen MR) is 76.4 cm³/mol. The van der Waals surface area contributed by atoms with Crippen molar-refractivity contribution in [2.24, 2.45) is 0 Å². The third-order valence-corrected chi connectivity index (χ3v) is 3.54. The van der Waals surface area contributed by atoms with E-state index in [4.69, 9.17) is 18.9 Å². The van der Waals surface area contributed by atoms with E-state index in [2.05, 4.69) is 0 Å². The van der Waals surface area contributed by atoms with Gasteiger partial charge in [0.05, 0.1) is 0 Å². The first-order chi connectivity index (χ1) is 9.76. The molecule has 9 heteroatoms. The van der Waals surface area contributed by atoms with E-state index in [0.29, 0.717) is 4.43 Å². The lowest BCUT2D eigenvalue weighted by atomic mass is 9.99. The molecule has 1 aliphatic rings. The Kier molecular flexibility index (Phi) is 6.81. The number of esters is 3. The van der Waals surface area contributed by atoms with Crippen LogP contribution in [0.3, 0.4) is 0 Å². The fourth-order valence-electron chi connectivity index (χ4n) is 2.00. The van der Waals surface area contributed by atoms with Crippen LogP contribution in [0, 0.1) is 0 Å². The second-order valence-corrected chi connectivity index (χ2v) is 5.32. The van der Waals surface area contributed by atoms with Crippen LogP contribution >= 0.6 is 22.6 Å². The van der Waals surface area contributed by atoms with E-state index in [1.54, 1.807) is 0 Å². The highest BCUT2D eigenvalue weighted by molar-refractivity contribution is 14.1. The van der Waals surface area contributed by atoms with Crippen molar-refractivity contribution in [3.8, 4) is 0 Å². The molecule has 21 heavy (non-hydrogen) atoms. The zero-order valence-electron chi connectivity index (χ0n) is 11.8. The summed E-state index contributed by atoms with van der Waals surface area (Å²) in [5.74, 6) is -1.95. The monoisotopic (exact) mass is 416 g/mol. The number of rotatable bonds is 4. The number of carbonyl (C=O) groups is 3. The van der Waals surface area contributed by atoms with Crippen molar-refractivity contribution in [3.63, 3.8) is 0 Å². The van der Waals surface area contributed by atoms with E-state index < -0.39 is 48.6 Å². The number of halogens is 1. The fraction of sp³-hybridized carbons (Fsp3) is 0.750. The molecule has 0 radical (unpaired) electrons. The lowest BCUT2D eigenvalue weighted by molar-refractivity contribution is -0.286. The maximum atomic E-state index is 11.2. The number of alkyl halides is 1. The van der Waals surface area contributed by atoms with Crippen molar-refractivity contribution in [1.82, 2.24) is 0 Å². The minimum atomic E-state index is -1.48. The van der Waals surface area contributed by atoms with Crippen LogP contribution in [-0.4, -0.2) is 58.1 Å².